The van der Waals surface area contributed by atoms with E-state index in [1.54, 1.807) is 7.11 Å². The molecule has 0 bridgehead atoms. The van der Waals surface area contributed by atoms with Gasteiger partial charge in [0.1, 0.15) is 10.6 Å². The van der Waals surface area contributed by atoms with Crippen molar-refractivity contribution in [3.05, 3.63) is 42.2 Å². The SMILES string of the molecule is COc1ccc(C2CN(S(=O)(=O)c3cn[nH]c3)CCN2C)cc1. The molecule has 3 rings (SSSR count). The molecule has 1 N–H and O–H groups in total. The summed E-state index contributed by atoms with van der Waals surface area (Å²) in [7, 11) is 0.129. The number of aromatic nitrogens is 2. The molecule has 0 saturated carbocycles. The van der Waals surface area contributed by atoms with Crippen LogP contribution in [0.25, 0.3) is 0 Å². The van der Waals surface area contributed by atoms with Crippen molar-refractivity contribution >= 4 is 10.0 Å². The first-order chi connectivity index (χ1) is 11.0. The number of nitrogens with zero attached hydrogens (tertiary/aromatic N) is 3. The van der Waals surface area contributed by atoms with Gasteiger partial charge in [0.2, 0.25) is 10.0 Å². The van der Waals surface area contributed by atoms with Crippen LogP contribution < -0.4 is 4.74 Å². The monoisotopic (exact) mass is 336 g/mol. The molecule has 2 heterocycles. The Morgan fingerprint density at radius 1 is 1.26 bits per heavy atom. The van der Waals surface area contributed by atoms with Crippen LogP contribution in [0.3, 0.4) is 0 Å². The first-order valence-electron chi connectivity index (χ1n) is 7.35. The predicted molar refractivity (Wildman–Crippen MR) is 85.7 cm³/mol. The number of hydrogen-bond acceptors (Lipinski definition) is 5. The Balaban J connectivity index is 1.84. The number of methoxy groups -OCH3 is 1. The van der Waals surface area contributed by atoms with E-state index < -0.39 is 10.0 Å². The quantitative estimate of drug-likeness (QED) is 0.904. The molecule has 1 saturated heterocycles. The van der Waals surface area contributed by atoms with Gasteiger partial charge in [0.05, 0.1) is 13.3 Å². The fraction of sp³-hybridized carbons (Fsp3) is 0.400. The molecule has 0 aliphatic carbocycles. The number of hydrogen-bond donors (Lipinski definition) is 1. The summed E-state index contributed by atoms with van der Waals surface area (Å²) in [6.45, 7) is 1.56. The molecule has 124 valence electrons. The van der Waals surface area contributed by atoms with Gasteiger partial charge in [-0.3, -0.25) is 10.00 Å². The third-order valence-electron chi connectivity index (χ3n) is 4.22. The molecule has 1 fully saturated rings. The zero-order valence-corrected chi connectivity index (χ0v) is 14.0. The Labute approximate surface area is 135 Å². The van der Waals surface area contributed by atoms with E-state index in [9.17, 15) is 8.42 Å². The van der Waals surface area contributed by atoms with Crippen molar-refractivity contribution < 1.29 is 13.2 Å². The number of piperazine rings is 1. The molecule has 8 heteroatoms. The summed E-state index contributed by atoms with van der Waals surface area (Å²) in [5, 5.41) is 6.30. The van der Waals surface area contributed by atoms with Gasteiger partial charge in [0.15, 0.2) is 0 Å². The Hall–Kier alpha value is -1.90. The summed E-state index contributed by atoms with van der Waals surface area (Å²) in [6.07, 6.45) is 2.76. The highest BCUT2D eigenvalue weighted by Crippen LogP contribution is 2.28. The van der Waals surface area contributed by atoms with Crippen molar-refractivity contribution in [1.29, 1.82) is 0 Å². The van der Waals surface area contributed by atoms with Crippen LogP contribution in [0, 0.1) is 0 Å². The van der Waals surface area contributed by atoms with Crippen LogP contribution in [-0.2, 0) is 10.0 Å². The normalized spacial score (nSPS) is 20.5. The van der Waals surface area contributed by atoms with Crippen LogP contribution in [0.15, 0.2) is 41.6 Å². The molecule has 23 heavy (non-hydrogen) atoms. The Morgan fingerprint density at radius 3 is 2.61 bits per heavy atom. The number of nitrogens with one attached hydrogen (secondary N) is 1. The Kier molecular flexibility index (Phi) is 4.38. The number of ether oxygens (including phenoxy) is 1. The van der Waals surface area contributed by atoms with Gasteiger partial charge in [-0.15, -0.1) is 0 Å². The molecule has 1 atom stereocenters. The smallest absolute Gasteiger partial charge is 0.246 e. The Morgan fingerprint density at radius 2 is 2.00 bits per heavy atom. The number of aromatic amines is 1. The molecule has 0 radical (unpaired) electrons. The van der Waals surface area contributed by atoms with Crippen LogP contribution in [0.4, 0.5) is 0 Å². The first-order valence-corrected chi connectivity index (χ1v) is 8.79. The largest absolute Gasteiger partial charge is 0.497 e. The number of benzene rings is 1. The van der Waals surface area contributed by atoms with Crippen molar-refractivity contribution in [3.8, 4) is 5.75 Å². The molecular formula is C15H20N4O3S. The third-order valence-corrected chi connectivity index (χ3v) is 6.05. The lowest BCUT2D eigenvalue weighted by Gasteiger charge is -2.38. The lowest BCUT2D eigenvalue weighted by Crippen LogP contribution is -2.48. The fourth-order valence-corrected chi connectivity index (χ4v) is 4.13. The third kappa shape index (κ3) is 3.10. The number of likely N-dealkylation sites (N-methyl/N-ethyl adjacent to an activating group) is 1. The highest BCUT2D eigenvalue weighted by atomic mass is 32.2. The predicted octanol–water partition coefficient (Wildman–Crippen LogP) is 1.10. The minimum atomic E-state index is -3.51. The maximum absolute atomic E-state index is 12.7. The summed E-state index contributed by atoms with van der Waals surface area (Å²) < 4.78 is 32.0. The fourth-order valence-electron chi connectivity index (χ4n) is 2.78. The molecule has 1 aliphatic heterocycles. The van der Waals surface area contributed by atoms with Crippen molar-refractivity contribution in [3.63, 3.8) is 0 Å². The summed E-state index contributed by atoms with van der Waals surface area (Å²) in [5.74, 6) is 0.787. The first kappa shape index (κ1) is 16.0. The topological polar surface area (TPSA) is 78.5 Å². The van der Waals surface area contributed by atoms with Crippen molar-refractivity contribution in [2.45, 2.75) is 10.9 Å². The van der Waals surface area contributed by atoms with Gasteiger partial charge in [0, 0.05) is 31.9 Å². The second kappa shape index (κ2) is 6.31. The maximum atomic E-state index is 12.7. The average Bonchev–Trinajstić information content (AvgIpc) is 3.10. The molecule has 1 aromatic heterocycles. The number of H-pyrrole nitrogens is 1. The summed E-state index contributed by atoms with van der Waals surface area (Å²) in [6, 6.07) is 7.76. The van der Waals surface area contributed by atoms with Crippen LogP contribution in [0.2, 0.25) is 0 Å². The van der Waals surface area contributed by atoms with E-state index in [4.69, 9.17) is 4.74 Å². The molecule has 1 aliphatic rings. The molecule has 7 nitrogen and oxygen atoms in total. The summed E-state index contributed by atoms with van der Waals surface area (Å²) in [5.41, 5.74) is 1.07. The van der Waals surface area contributed by atoms with Gasteiger partial charge in [-0.05, 0) is 24.7 Å². The Bertz CT molecular complexity index is 744. The molecule has 0 spiro atoms. The lowest BCUT2D eigenvalue weighted by molar-refractivity contribution is 0.148. The zero-order valence-electron chi connectivity index (χ0n) is 13.1. The van der Waals surface area contributed by atoms with E-state index in [-0.39, 0.29) is 10.9 Å². The van der Waals surface area contributed by atoms with E-state index in [0.29, 0.717) is 19.6 Å². The highest BCUT2D eigenvalue weighted by Gasteiger charge is 2.33. The highest BCUT2D eigenvalue weighted by molar-refractivity contribution is 7.89. The second-order valence-corrected chi connectivity index (χ2v) is 7.50. The molecule has 1 aromatic carbocycles. The van der Waals surface area contributed by atoms with Crippen LogP contribution >= 0.6 is 0 Å². The minimum absolute atomic E-state index is 0.0105. The van der Waals surface area contributed by atoms with E-state index in [1.165, 1.54) is 16.7 Å². The van der Waals surface area contributed by atoms with Gasteiger partial charge in [-0.2, -0.15) is 9.40 Å². The van der Waals surface area contributed by atoms with Crippen molar-refractivity contribution in [2.75, 3.05) is 33.8 Å². The summed E-state index contributed by atoms with van der Waals surface area (Å²) in [4.78, 5) is 2.37. The second-order valence-electron chi connectivity index (χ2n) is 5.57. The van der Waals surface area contributed by atoms with E-state index in [2.05, 4.69) is 15.1 Å². The van der Waals surface area contributed by atoms with Gasteiger partial charge >= 0.3 is 0 Å². The van der Waals surface area contributed by atoms with Crippen LogP contribution in [0.1, 0.15) is 11.6 Å². The van der Waals surface area contributed by atoms with Crippen molar-refractivity contribution in [1.82, 2.24) is 19.4 Å². The van der Waals surface area contributed by atoms with Gasteiger partial charge in [-0.1, -0.05) is 12.1 Å². The van der Waals surface area contributed by atoms with E-state index in [0.717, 1.165) is 11.3 Å². The maximum Gasteiger partial charge on any atom is 0.246 e. The average molecular weight is 336 g/mol. The minimum Gasteiger partial charge on any atom is -0.497 e. The van der Waals surface area contributed by atoms with Crippen LogP contribution in [0.5, 0.6) is 5.75 Å². The van der Waals surface area contributed by atoms with Crippen LogP contribution in [-0.4, -0.2) is 61.6 Å². The summed E-state index contributed by atoms with van der Waals surface area (Å²) >= 11 is 0. The molecular weight excluding hydrogens is 316 g/mol. The van der Waals surface area contributed by atoms with Crippen molar-refractivity contribution in [2.24, 2.45) is 0 Å². The number of rotatable bonds is 4. The van der Waals surface area contributed by atoms with Gasteiger partial charge in [0.25, 0.3) is 0 Å². The standard InChI is InChI=1S/C15H20N4O3S/c1-18-7-8-19(23(20,21)14-9-16-17-10-14)11-15(18)12-3-5-13(22-2)6-4-12/h3-6,9-10,15H,7-8,11H2,1-2H3,(H,16,17). The van der Waals surface area contributed by atoms with Gasteiger partial charge < -0.3 is 4.74 Å². The molecule has 2 aromatic rings. The molecule has 1 unspecified atom stereocenters. The zero-order chi connectivity index (χ0) is 16.4. The van der Waals surface area contributed by atoms with E-state index >= 15 is 0 Å². The van der Waals surface area contributed by atoms with Gasteiger partial charge in [-0.25, -0.2) is 8.42 Å². The van der Waals surface area contributed by atoms with E-state index in [1.807, 2.05) is 31.3 Å². The molecule has 0 amide bonds. The number of sulfonamides is 1. The lowest BCUT2D eigenvalue weighted by atomic mass is 10.0.